The first-order valence-electron chi connectivity index (χ1n) is 11.6. The molecule has 8 heteroatoms. The minimum absolute atomic E-state index is 0.0300. The predicted molar refractivity (Wildman–Crippen MR) is 140 cm³/mol. The number of fused-ring (bicyclic) bond motifs is 6. The molecule has 34 heavy (non-hydrogen) atoms. The van der Waals surface area contributed by atoms with Crippen LogP contribution in [0.15, 0.2) is 62.8 Å². The second-order valence-electron chi connectivity index (χ2n) is 9.42. The molecule has 1 aliphatic heterocycles. The van der Waals surface area contributed by atoms with Crippen molar-refractivity contribution in [3.8, 4) is 5.75 Å². The Morgan fingerprint density at radius 1 is 1.12 bits per heavy atom. The van der Waals surface area contributed by atoms with E-state index in [1.54, 1.807) is 23.8 Å². The van der Waals surface area contributed by atoms with Gasteiger partial charge in [0.25, 0.3) is 0 Å². The van der Waals surface area contributed by atoms with E-state index in [0.29, 0.717) is 22.8 Å². The molecule has 0 radical (unpaired) electrons. The van der Waals surface area contributed by atoms with Gasteiger partial charge in [-0.25, -0.2) is 0 Å². The number of hydrogen-bond acceptors (Lipinski definition) is 5. The maximum atomic E-state index is 13.2. The highest BCUT2D eigenvalue weighted by Crippen LogP contribution is 2.64. The van der Waals surface area contributed by atoms with Gasteiger partial charge in [-0.1, -0.05) is 39.4 Å². The largest absolute Gasteiger partial charge is 0.497 e. The predicted octanol–water partition coefficient (Wildman–Crippen LogP) is 5.97. The normalized spacial score (nSPS) is 26.7. The summed E-state index contributed by atoms with van der Waals surface area (Å²) in [6, 6.07) is 15.8. The maximum Gasteiger partial charge on any atom is 0.308 e. The van der Waals surface area contributed by atoms with E-state index in [4.69, 9.17) is 4.74 Å². The van der Waals surface area contributed by atoms with Crippen molar-refractivity contribution in [1.29, 1.82) is 0 Å². The summed E-state index contributed by atoms with van der Waals surface area (Å²) < 4.78 is 7.95. The van der Waals surface area contributed by atoms with E-state index in [9.17, 15) is 9.59 Å². The van der Waals surface area contributed by atoms with Gasteiger partial charge in [0.05, 0.1) is 12.1 Å². The zero-order chi connectivity index (χ0) is 23.4. The zero-order valence-corrected chi connectivity index (χ0v) is 21.9. The molecule has 2 heterocycles. The Balaban J connectivity index is 1.33. The van der Waals surface area contributed by atoms with Crippen LogP contribution < -0.4 is 14.9 Å². The fourth-order valence-electron chi connectivity index (χ4n) is 6.15. The molecule has 1 aromatic heterocycles. The van der Waals surface area contributed by atoms with Gasteiger partial charge in [-0.15, -0.1) is 11.8 Å². The van der Waals surface area contributed by atoms with Crippen LogP contribution in [0.1, 0.15) is 35.6 Å². The van der Waals surface area contributed by atoms with Crippen molar-refractivity contribution in [2.45, 2.75) is 42.0 Å². The Morgan fingerprint density at radius 3 is 2.59 bits per heavy atom. The highest BCUT2D eigenvalue weighted by molar-refractivity contribution is 9.10. The number of anilines is 1. The van der Waals surface area contributed by atoms with Crippen LogP contribution in [-0.4, -0.2) is 22.8 Å². The molecular weight excluding hydrogens is 532 g/mol. The Morgan fingerprint density at radius 2 is 1.85 bits per heavy atom. The quantitative estimate of drug-likeness (QED) is 0.420. The fourth-order valence-corrected chi connectivity index (χ4v) is 9.56. The van der Waals surface area contributed by atoms with Crippen molar-refractivity contribution >= 4 is 50.6 Å². The molecule has 2 aromatic carbocycles. The second kappa shape index (κ2) is 8.88. The lowest BCUT2D eigenvalue weighted by Gasteiger charge is -2.40. The van der Waals surface area contributed by atoms with Gasteiger partial charge in [0.1, 0.15) is 12.3 Å². The smallest absolute Gasteiger partial charge is 0.308 e. The molecule has 1 N–H and O–H groups in total. The average molecular weight is 558 g/mol. The highest BCUT2D eigenvalue weighted by Gasteiger charge is 2.55. The van der Waals surface area contributed by atoms with E-state index in [2.05, 4.69) is 45.5 Å². The molecule has 1 amide bonds. The summed E-state index contributed by atoms with van der Waals surface area (Å²) in [7, 11) is 1.61. The number of halogens is 1. The van der Waals surface area contributed by atoms with E-state index in [0.717, 1.165) is 26.0 Å². The van der Waals surface area contributed by atoms with E-state index in [1.165, 1.54) is 36.2 Å². The summed E-state index contributed by atoms with van der Waals surface area (Å²) in [5.74, 6) is 2.78. The molecule has 2 fully saturated rings. The van der Waals surface area contributed by atoms with Crippen LogP contribution in [0, 0.1) is 17.8 Å². The number of nitrogens with one attached hydrogen (secondary N) is 1. The third kappa shape index (κ3) is 3.84. The van der Waals surface area contributed by atoms with Gasteiger partial charge in [0, 0.05) is 26.2 Å². The van der Waals surface area contributed by atoms with Crippen molar-refractivity contribution in [2.75, 3.05) is 12.4 Å². The Kier molecular flexibility index (Phi) is 5.86. The molecule has 4 unspecified atom stereocenters. The summed E-state index contributed by atoms with van der Waals surface area (Å²) in [5.41, 5.74) is 1.97. The first-order valence-corrected chi connectivity index (χ1v) is 14.1. The Bertz CT molecular complexity index is 1280. The molecule has 2 aliphatic carbocycles. The molecule has 0 saturated heterocycles. The molecule has 3 aliphatic rings. The first-order chi connectivity index (χ1) is 16.5. The van der Waals surface area contributed by atoms with Crippen LogP contribution in [0.4, 0.5) is 5.69 Å². The lowest BCUT2D eigenvalue weighted by molar-refractivity contribution is -0.116. The number of thioether (sulfide) groups is 1. The van der Waals surface area contributed by atoms with E-state index < -0.39 is 0 Å². The van der Waals surface area contributed by atoms with E-state index in [-0.39, 0.29) is 23.2 Å². The van der Waals surface area contributed by atoms with E-state index in [1.807, 2.05) is 23.9 Å². The van der Waals surface area contributed by atoms with Gasteiger partial charge in [-0.2, -0.15) is 0 Å². The molecule has 5 atom stereocenters. The minimum atomic E-state index is -0.191. The molecule has 2 saturated carbocycles. The van der Waals surface area contributed by atoms with Gasteiger partial charge < -0.3 is 10.1 Å². The molecule has 5 nitrogen and oxygen atoms in total. The number of amides is 1. The minimum Gasteiger partial charge on any atom is -0.497 e. The number of thiazole rings is 1. The van der Waals surface area contributed by atoms with Gasteiger partial charge in [-0.3, -0.25) is 14.2 Å². The first kappa shape index (κ1) is 22.4. The number of rotatable bonds is 5. The third-order valence-electron chi connectivity index (χ3n) is 7.60. The fraction of sp³-hybridized carbons (Fsp3) is 0.385. The van der Waals surface area contributed by atoms with Crippen LogP contribution >= 0.6 is 39.0 Å². The maximum absolute atomic E-state index is 13.2. The lowest BCUT2D eigenvalue weighted by Crippen LogP contribution is -2.34. The number of methoxy groups -OCH3 is 1. The van der Waals surface area contributed by atoms with Crippen molar-refractivity contribution in [3.05, 3.63) is 73.1 Å². The van der Waals surface area contributed by atoms with Crippen molar-refractivity contribution in [3.63, 3.8) is 0 Å². The summed E-state index contributed by atoms with van der Waals surface area (Å²) >= 11 is 6.75. The van der Waals surface area contributed by atoms with Gasteiger partial charge >= 0.3 is 4.87 Å². The number of carbonyl (C=O) groups is 1. The summed E-state index contributed by atoms with van der Waals surface area (Å²) in [6.07, 6.45) is 3.88. The molecule has 176 valence electrons. The summed E-state index contributed by atoms with van der Waals surface area (Å²) in [4.78, 5) is 27.2. The molecule has 3 aromatic rings. The van der Waals surface area contributed by atoms with Gasteiger partial charge in [0.2, 0.25) is 5.91 Å². The Hall–Kier alpha value is -2.03. The number of nitrogens with zero attached hydrogens (tertiary/aromatic N) is 1. The van der Waals surface area contributed by atoms with Gasteiger partial charge in [-0.05, 0) is 79.0 Å². The highest BCUT2D eigenvalue weighted by atomic mass is 79.9. The molecule has 2 bridgehead atoms. The van der Waals surface area contributed by atoms with Crippen LogP contribution in [0.25, 0.3) is 0 Å². The van der Waals surface area contributed by atoms with Crippen molar-refractivity contribution in [2.24, 2.45) is 17.8 Å². The molecule has 0 spiro atoms. The monoisotopic (exact) mass is 556 g/mol. The topological polar surface area (TPSA) is 60.3 Å². The zero-order valence-electron chi connectivity index (χ0n) is 18.7. The van der Waals surface area contributed by atoms with Crippen molar-refractivity contribution in [1.82, 2.24) is 4.57 Å². The second-order valence-corrected chi connectivity index (χ2v) is 12.5. The Labute approximate surface area is 215 Å². The standard InChI is InChI=1S/C26H25BrN2O3S2/c1-32-19-10-8-18(9-11-19)28-20(30)13-29-25-24(34-26(29)31)21(14-4-6-17(27)7-5-14)22-15-2-3-16(12-15)23(22)33-25/h4-11,15-16,21-23H,2-3,12-13H2,1H3,(H,28,30)/t15?,16?,21-,22?,23?/m1/s1. The number of carbonyl (C=O) groups excluding carboxylic acids is 1. The SMILES string of the molecule is COc1ccc(NC(=O)Cn2c3c(sc2=O)[C@H](c2ccc(Br)cc2)C2C4CCC(C4)C2S3)cc1. The molecular formula is C26H25BrN2O3S2. The van der Waals surface area contributed by atoms with E-state index >= 15 is 0 Å². The number of benzene rings is 2. The van der Waals surface area contributed by atoms with Gasteiger partial charge in [0.15, 0.2) is 0 Å². The molecule has 6 rings (SSSR count). The lowest BCUT2D eigenvalue weighted by atomic mass is 9.75. The van der Waals surface area contributed by atoms with Crippen LogP contribution in [-0.2, 0) is 11.3 Å². The van der Waals surface area contributed by atoms with Crippen LogP contribution in [0.3, 0.4) is 0 Å². The van der Waals surface area contributed by atoms with Crippen molar-refractivity contribution < 1.29 is 9.53 Å². The number of hydrogen-bond donors (Lipinski definition) is 1. The third-order valence-corrected chi connectivity index (χ3v) is 11.0. The average Bonchev–Trinajstić information content (AvgIpc) is 3.53. The number of ether oxygens (including phenoxy) is 1. The number of aromatic nitrogens is 1. The summed E-state index contributed by atoms with van der Waals surface area (Å²) in [5, 5.41) is 4.44. The summed E-state index contributed by atoms with van der Waals surface area (Å²) in [6.45, 7) is 0.0300. The van der Waals surface area contributed by atoms with Crippen LogP contribution in [0.5, 0.6) is 5.75 Å². The van der Waals surface area contributed by atoms with Crippen LogP contribution in [0.2, 0.25) is 0 Å².